The van der Waals surface area contributed by atoms with Crippen LogP contribution < -0.4 is 4.74 Å². The molecule has 1 N–H and O–H groups in total. The highest BCUT2D eigenvalue weighted by molar-refractivity contribution is 5.41. The molecule has 72 valence electrons. The van der Waals surface area contributed by atoms with Crippen LogP contribution in [-0.4, -0.2) is 25.9 Å². The van der Waals surface area contributed by atoms with Crippen LogP contribution in [0.4, 0.5) is 0 Å². The molecule has 13 heavy (non-hydrogen) atoms. The predicted octanol–water partition coefficient (Wildman–Crippen LogP) is 1.59. The van der Waals surface area contributed by atoms with Gasteiger partial charge in [0.2, 0.25) is 0 Å². The quantitative estimate of drug-likeness (QED) is 0.768. The largest absolute Gasteiger partial charge is 0.504 e. The standard InChI is InChI=1S/C10H14O3/c1-12-6-5-8-3-4-9(11)10(7-8)13-2/h3-4,7,11H,5-6H2,1-2H3. The average molecular weight is 182 g/mol. The lowest BCUT2D eigenvalue weighted by molar-refractivity contribution is 0.202. The van der Waals surface area contributed by atoms with Gasteiger partial charge in [0, 0.05) is 7.11 Å². The van der Waals surface area contributed by atoms with Crippen molar-refractivity contribution in [1.82, 2.24) is 0 Å². The lowest BCUT2D eigenvalue weighted by Gasteiger charge is -2.05. The van der Waals surface area contributed by atoms with Gasteiger partial charge in [0.15, 0.2) is 11.5 Å². The number of rotatable bonds is 4. The van der Waals surface area contributed by atoms with Crippen LogP contribution in [0.2, 0.25) is 0 Å². The van der Waals surface area contributed by atoms with E-state index < -0.39 is 0 Å². The summed E-state index contributed by atoms with van der Waals surface area (Å²) >= 11 is 0. The summed E-state index contributed by atoms with van der Waals surface area (Å²) in [6.45, 7) is 0.675. The second-order valence-corrected chi connectivity index (χ2v) is 2.75. The SMILES string of the molecule is COCCc1ccc(O)c(OC)c1. The Hall–Kier alpha value is -1.22. The molecule has 0 radical (unpaired) electrons. The third-order valence-corrected chi connectivity index (χ3v) is 1.84. The Bertz CT molecular complexity index is 271. The van der Waals surface area contributed by atoms with Gasteiger partial charge in [0.05, 0.1) is 13.7 Å². The summed E-state index contributed by atoms with van der Waals surface area (Å²) in [4.78, 5) is 0. The topological polar surface area (TPSA) is 38.7 Å². The fraction of sp³-hybridized carbons (Fsp3) is 0.400. The zero-order valence-corrected chi connectivity index (χ0v) is 7.91. The maximum absolute atomic E-state index is 9.30. The predicted molar refractivity (Wildman–Crippen MR) is 50.2 cm³/mol. The van der Waals surface area contributed by atoms with E-state index in [9.17, 15) is 5.11 Å². The summed E-state index contributed by atoms with van der Waals surface area (Å²) in [5.74, 6) is 0.678. The van der Waals surface area contributed by atoms with E-state index in [2.05, 4.69) is 0 Å². The molecule has 0 unspecified atom stereocenters. The summed E-state index contributed by atoms with van der Waals surface area (Å²) in [5.41, 5.74) is 1.09. The highest BCUT2D eigenvalue weighted by atomic mass is 16.5. The highest BCUT2D eigenvalue weighted by Crippen LogP contribution is 2.26. The van der Waals surface area contributed by atoms with Crippen LogP contribution in [0, 0.1) is 0 Å². The van der Waals surface area contributed by atoms with Crippen LogP contribution in [0.5, 0.6) is 11.5 Å². The molecule has 1 rings (SSSR count). The first kappa shape index (κ1) is 9.86. The number of aromatic hydroxyl groups is 1. The van der Waals surface area contributed by atoms with Crippen LogP contribution in [0.3, 0.4) is 0 Å². The summed E-state index contributed by atoms with van der Waals surface area (Å²) in [5, 5.41) is 9.30. The lowest BCUT2D eigenvalue weighted by atomic mass is 10.1. The first-order valence-corrected chi connectivity index (χ1v) is 4.12. The van der Waals surface area contributed by atoms with Crippen molar-refractivity contribution >= 4 is 0 Å². The Kier molecular flexibility index (Phi) is 3.58. The van der Waals surface area contributed by atoms with Gasteiger partial charge in [0.1, 0.15) is 0 Å². The van der Waals surface area contributed by atoms with Crippen LogP contribution in [-0.2, 0) is 11.2 Å². The van der Waals surface area contributed by atoms with Gasteiger partial charge in [0.25, 0.3) is 0 Å². The number of benzene rings is 1. The number of methoxy groups -OCH3 is 2. The molecule has 3 heteroatoms. The molecule has 0 heterocycles. The molecule has 0 bridgehead atoms. The molecule has 1 aromatic rings. The Morgan fingerprint density at radius 3 is 2.69 bits per heavy atom. The molecule has 0 aliphatic heterocycles. The number of hydrogen-bond donors (Lipinski definition) is 1. The van der Waals surface area contributed by atoms with Crippen molar-refractivity contribution in [3.63, 3.8) is 0 Å². The molecule has 0 atom stereocenters. The third-order valence-electron chi connectivity index (χ3n) is 1.84. The molecule has 0 saturated heterocycles. The minimum absolute atomic E-state index is 0.170. The molecule has 0 amide bonds. The highest BCUT2D eigenvalue weighted by Gasteiger charge is 2.01. The minimum atomic E-state index is 0.170. The molecule has 3 nitrogen and oxygen atoms in total. The van der Waals surface area contributed by atoms with Crippen LogP contribution in [0.25, 0.3) is 0 Å². The molecule has 0 aliphatic rings. The molecular formula is C10H14O3. The minimum Gasteiger partial charge on any atom is -0.504 e. The van der Waals surface area contributed by atoms with Crippen LogP contribution in [0.15, 0.2) is 18.2 Å². The number of ether oxygens (including phenoxy) is 2. The number of phenolic OH excluding ortho intramolecular Hbond substituents is 1. The number of hydrogen-bond acceptors (Lipinski definition) is 3. The van der Waals surface area contributed by atoms with Crippen molar-refractivity contribution < 1.29 is 14.6 Å². The second-order valence-electron chi connectivity index (χ2n) is 2.75. The van der Waals surface area contributed by atoms with Gasteiger partial charge in [-0.25, -0.2) is 0 Å². The van der Waals surface area contributed by atoms with Crippen molar-refractivity contribution in [3.05, 3.63) is 23.8 Å². The molecule has 0 aromatic heterocycles. The zero-order chi connectivity index (χ0) is 9.68. The van der Waals surface area contributed by atoms with Gasteiger partial charge >= 0.3 is 0 Å². The van der Waals surface area contributed by atoms with E-state index in [1.165, 1.54) is 7.11 Å². The monoisotopic (exact) mass is 182 g/mol. The Balaban J connectivity index is 2.74. The summed E-state index contributed by atoms with van der Waals surface area (Å²) in [7, 11) is 3.20. The van der Waals surface area contributed by atoms with E-state index in [0.29, 0.717) is 12.4 Å². The smallest absolute Gasteiger partial charge is 0.160 e. The first-order valence-electron chi connectivity index (χ1n) is 4.12. The zero-order valence-electron chi connectivity index (χ0n) is 7.91. The molecule has 0 spiro atoms. The Morgan fingerprint density at radius 2 is 2.08 bits per heavy atom. The van der Waals surface area contributed by atoms with E-state index >= 15 is 0 Å². The van der Waals surface area contributed by atoms with E-state index in [0.717, 1.165) is 12.0 Å². The molecule has 0 saturated carbocycles. The van der Waals surface area contributed by atoms with E-state index in [-0.39, 0.29) is 5.75 Å². The van der Waals surface area contributed by atoms with E-state index in [1.807, 2.05) is 12.1 Å². The van der Waals surface area contributed by atoms with Gasteiger partial charge < -0.3 is 14.6 Å². The molecular weight excluding hydrogens is 168 g/mol. The Labute approximate surface area is 77.9 Å². The van der Waals surface area contributed by atoms with E-state index in [4.69, 9.17) is 9.47 Å². The summed E-state index contributed by atoms with van der Waals surface area (Å²) in [6, 6.07) is 5.30. The van der Waals surface area contributed by atoms with Crippen molar-refractivity contribution in [2.45, 2.75) is 6.42 Å². The second kappa shape index (κ2) is 4.72. The van der Waals surface area contributed by atoms with Crippen LogP contribution >= 0.6 is 0 Å². The average Bonchev–Trinajstić information content (AvgIpc) is 2.16. The maximum atomic E-state index is 9.30. The normalized spacial score (nSPS) is 10.0. The molecule has 0 fully saturated rings. The third kappa shape index (κ3) is 2.63. The lowest BCUT2D eigenvalue weighted by Crippen LogP contribution is -1.95. The molecule has 0 aliphatic carbocycles. The van der Waals surface area contributed by atoms with Crippen molar-refractivity contribution in [2.24, 2.45) is 0 Å². The fourth-order valence-corrected chi connectivity index (χ4v) is 1.10. The van der Waals surface area contributed by atoms with Crippen LogP contribution in [0.1, 0.15) is 5.56 Å². The maximum Gasteiger partial charge on any atom is 0.160 e. The van der Waals surface area contributed by atoms with Gasteiger partial charge in [-0.05, 0) is 24.1 Å². The van der Waals surface area contributed by atoms with Crippen molar-refractivity contribution in [1.29, 1.82) is 0 Å². The van der Waals surface area contributed by atoms with Crippen molar-refractivity contribution in [3.8, 4) is 11.5 Å². The van der Waals surface area contributed by atoms with Gasteiger partial charge in [-0.3, -0.25) is 0 Å². The van der Waals surface area contributed by atoms with Gasteiger partial charge in [-0.15, -0.1) is 0 Å². The van der Waals surface area contributed by atoms with Gasteiger partial charge in [-0.2, -0.15) is 0 Å². The number of phenols is 1. The van der Waals surface area contributed by atoms with Gasteiger partial charge in [-0.1, -0.05) is 6.07 Å². The first-order chi connectivity index (χ1) is 6.27. The van der Waals surface area contributed by atoms with E-state index in [1.54, 1.807) is 13.2 Å². The summed E-state index contributed by atoms with van der Waals surface area (Å²) < 4.78 is 9.92. The van der Waals surface area contributed by atoms with Crippen molar-refractivity contribution in [2.75, 3.05) is 20.8 Å². The summed E-state index contributed by atoms with van der Waals surface area (Å²) in [6.07, 6.45) is 0.827. The fourth-order valence-electron chi connectivity index (χ4n) is 1.10. The Morgan fingerprint density at radius 1 is 1.31 bits per heavy atom. The molecule has 1 aromatic carbocycles.